The summed E-state index contributed by atoms with van der Waals surface area (Å²) in [5.74, 6) is 2.39. The van der Waals surface area contributed by atoms with Crippen LogP contribution in [0.4, 0.5) is 4.79 Å². The van der Waals surface area contributed by atoms with Crippen LogP contribution in [0.2, 0.25) is 0 Å². The van der Waals surface area contributed by atoms with Crippen molar-refractivity contribution in [1.82, 2.24) is 0 Å². The topological polar surface area (TPSA) is 52.6 Å². The molecule has 7 atom stereocenters. The lowest BCUT2D eigenvalue weighted by molar-refractivity contribution is -0.132. The summed E-state index contributed by atoms with van der Waals surface area (Å²) in [6.45, 7) is 8.56. The lowest BCUT2D eigenvalue weighted by Crippen LogP contribution is -2.50. The fourth-order valence-electron chi connectivity index (χ4n) is 6.91. The minimum absolute atomic E-state index is 0.0608. The Bertz CT molecular complexity index is 682. The minimum Gasteiger partial charge on any atom is -0.431 e. The van der Waals surface area contributed by atoms with Gasteiger partial charge in [-0.1, -0.05) is 32.4 Å². The lowest BCUT2D eigenvalue weighted by atomic mass is 9.48. The molecule has 0 bridgehead atoms. The molecular weight excluding hydrogens is 352 g/mol. The second-order valence-corrected chi connectivity index (χ2v) is 10.2. The molecule has 28 heavy (non-hydrogen) atoms. The summed E-state index contributed by atoms with van der Waals surface area (Å²) in [6, 6.07) is 0. The first kappa shape index (κ1) is 20.0. The Hall–Kier alpha value is -1.32. The van der Waals surface area contributed by atoms with Crippen LogP contribution < -0.4 is 0 Å². The maximum Gasteiger partial charge on any atom is 0.508 e. The highest BCUT2D eigenvalue weighted by Crippen LogP contribution is 2.64. The molecular formula is C24H36O4. The van der Waals surface area contributed by atoms with E-state index < -0.39 is 6.16 Å². The summed E-state index contributed by atoms with van der Waals surface area (Å²) in [5, 5.41) is 0. The predicted molar refractivity (Wildman–Crippen MR) is 108 cm³/mol. The van der Waals surface area contributed by atoms with Crippen molar-refractivity contribution in [2.45, 2.75) is 97.7 Å². The Morgan fingerprint density at radius 2 is 1.89 bits per heavy atom. The highest BCUT2D eigenvalue weighted by Gasteiger charge is 2.58. The molecule has 0 aliphatic heterocycles. The van der Waals surface area contributed by atoms with Gasteiger partial charge >= 0.3 is 6.16 Å². The summed E-state index contributed by atoms with van der Waals surface area (Å²) >= 11 is 0. The van der Waals surface area contributed by atoms with Crippen LogP contribution in [0.1, 0.15) is 85.5 Å². The van der Waals surface area contributed by atoms with Crippen molar-refractivity contribution in [1.29, 1.82) is 0 Å². The van der Waals surface area contributed by atoms with Crippen LogP contribution in [-0.4, -0.2) is 24.1 Å². The molecule has 0 heterocycles. The Balaban J connectivity index is 1.46. The third-order valence-electron chi connectivity index (χ3n) is 8.90. The van der Waals surface area contributed by atoms with Crippen LogP contribution in [-0.2, 0) is 14.3 Å². The quantitative estimate of drug-likeness (QED) is 0.450. The average molecular weight is 389 g/mol. The molecule has 4 heteroatoms. The molecule has 3 saturated carbocycles. The van der Waals surface area contributed by atoms with Gasteiger partial charge in [-0.3, -0.25) is 4.79 Å². The van der Waals surface area contributed by atoms with Crippen LogP contribution in [0.5, 0.6) is 0 Å². The second-order valence-electron chi connectivity index (χ2n) is 10.2. The van der Waals surface area contributed by atoms with E-state index in [9.17, 15) is 9.59 Å². The molecule has 0 N–H and O–H groups in total. The first-order chi connectivity index (χ1) is 13.3. The van der Waals surface area contributed by atoms with Crippen LogP contribution in [0.3, 0.4) is 0 Å². The van der Waals surface area contributed by atoms with E-state index in [2.05, 4.69) is 19.9 Å². The molecule has 0 aromatic carbocycles. The molecule has 4 nitrogen and oxygen atoms in total. The SMILES string of the molecule is CCC(C)OC(=O)OC1CCC2(C)C(=CCC3C4CCC(=O)C4(C)CCC32)C1. The first-order valence-electron chi connectivity index (χ1n) is 11.4. The largest absolute Gasteiger partial charge is 0.508 e. The number of hydrogen-bond donors (Lipinski definition) is 0. The van der Waals surface area contributed by atoms with Crippen LogP contribution in [0.25, 0.3) is 0 Å². The first-order valence-corrected chi connectivity index (χ1v) is 11.4. The molecule has 0 saturated heterocycles. The number of ketones is 1. The predicted octanol–water partition coefficient (Wildman–Crippen LogP) is 5.84. The zero-order valence-electron chi connectivity index (χ0n) is 18.0. The van der Waals surface area contributed by atoms with Gasteiger partial charge in [0, 0.05) is 18.3 Å². The molecule has 0 amide bonds. The van der Waals surface area contributed by atoms with Crippen molar-refractivity contribution >= 4 is 11.9 Å². The van der Waals surface area contributed by atoms with Gasteiger partial charge in [0.2, 0.25) is 0 Å². The molecule has 0 radical (unpaired) electrons. The fourth-order valence-corrected chi connectivity index (χ4v) is 6.91. The lowest BCUT2D eigenvalue weighted by Gasteiger charge is -2.56. The Kier molecular flexibility index (Phi) is 5.12. The van der Waals surface area contributed by atoms with Gasteiger partial charge < -0.3 is 9.47 Å². The van der Waals surface area contributed by atoms with Gasteiger partial charge in [-0.05, 0) is 75.0 Å². The van der Waals surface area contributed by atoms with Gasteiger partial charge in [0.25, 0.3) is 0 Å². The molecule has 4 aliphatic rings. The van der Waals surface area contributed by atoms with Crippen molar-refractivity contribution in [2.24, 2.45) is 28.6 Å². The monoisotopic (exact) mass is 388 g/mol. The van der Waals surface area contributed by atoms with Gasteiger partial charge in [-0.2, -0.15) is 0 Å². The molecule has 0 spiro atoms. The second kappa shape index (κ2) is 7.18. The van der Waals surface area contributed by atoms with E-state index in [0.717, 1.165) is 51.4 Å². The Morgan fingerprint density at radius 1 is 1.18 bits per heavy atom. The number of Topliss-reactive ketones (excluding diaryl/α,β-unsaturated/α-hetero) is 1. The highest BCUT2D eigenvalue weighted by molar-refractivity contribution is 5.87. The smallest absolute Gasteiger partial charge is 0.431 e. The third-order valence-corrected chi connectivity index (χ3v) is 8.90. The minimum atomic E-state index is -0.518. The average Bonchev–Trinajstić information content (AvgIpc) is 2.97. The zero-order chi connectivity index (χ0) is 20.1. The van der Waals surface area contributed by atoms with Crippen molar-refractivity contribution in [3.63, 3.8) is 0 Å². The van der Waals surface area contributed by atoms with Crippen molar-refractivity contribution in [3.8, 4) is 0 Å². The number of fused-ring (bicyclic) bond motifs is 5. The molecule has 4 aliphatic carbocycles. The van der Waals surface area contributed by atoms with Crippen molar-refractivity contribution < 1.29 is 19.1 Å². The summed E-state index contributed by atoms with van der Waals surface area (Å²) in [7, 11) is 0. The molecule has 7 unspecified atom stereocenters. The summed E-state index contributed by atoms with van der Waals surface area (Å²) < 4.78 is 11.0. The summed E-state index contributed by atoms with van der Waals surface area (Å²) in [5.41, 5.74) is 1.62. The molecule has 3 fully saturated rings. The van der Waals surface area contributed by atoms with Crippen LogP contribution in [0, 0.1) is 28.6 Å². The fraction of sp³-hybridized carbons (Fsp3) is 0.833. The summed E-state index contributed by atoms with van der Waals surface area (Å²) in [6.07, 6.45) is 10.6. The molecule has 0 aromatic heterocycles. The molecule has 156 valence electrons. The van der Waals surface area contributed by atoms with Crippen LogP contribution >= 0.6 is 0 Å². The van der Waals surface area contributed by atoms with E-state index in [1.54, 1.807) is 0 Å². The van der Waals surface area contributed by atoms with E-state index in [0.29, 0.717) is 23.5 Å². The standard InChI is InChI=1S/C24H36O4/c1-5-15(2)27-22(26)28-17-10-12-23(3)16(14-17)6-7-18-19-8-9-21(25)24(19,4)13-11-20(18)23/h6,15,17-20H,5,7-14H2,1-4H3. The van der Waals surface area contributed by atoms with Gasteiger partial charge in [0.15, 0.2) is 0 Å². The number of rotatable bonds is 3. The van der Waals surface area contributed by atoms with E-state index in [1.165, 1.54) is 12.0 Å². The van der Waals surface area contributed by atoms with Gasteiger partial charge in [0.05, 0.1) is 0 Å². The normalized spacial score (nSPS) is 43.3. The maximum absolute atomic E-state index is 12.5. The Labute approximate surface area is 169 Å². The van der Waals surface area contributed by atoms with Crippen molar-refractivity contribution in [2.75, 3.05) is 0 Å². The van der Waals surface area contributed by atoms with Gasteiger partial charge in [-0.25, -0.2) is 4.79 Å². The van der Waals surface area contributed by atoms with E-state index >= 15 is 0 Å². The summed E-state index contributed by atoms with van der Waals surface area (Å²) in [4.78, 5) is 24.6. The van der Waals surface area contributed by atoms with E-state index in [1.807, 2.05) is 13.8 Å². The van der Waals surface area contributed by atoms with Crippen LogP contribution in [0.15, 0.2) is 11.6 Å². The van der Waals surface area contributed by atoms with E-state index in [4.69, 9.17) is 9.47 Å². The number of hydrogen-bond acceptors (Lipinski definition) is 4. The molecule has 0 aromatic rings. The Morgan fingerprint density at radius 3 is 2.64 bits per heavy atom. The number of carbonyl (C=O) groups excluding carboxylic acids is 2. The number of allylic oxidation sites excluding steroid dienone is 1. The molecule has 4 rings (SSSR count). The highest BCUT2D eigenvalue weighted by atomic mass is 16.7. The van der Waals surface area contributed by atoms with Gasteiger partial charge in [-0.15, -0.1) is 0 Å². The van der Waals surface area contributed by atoms with Crippen molar-refractivity contribution in [3.05, 3.63) is 11.6 Å². The number of carbonyl (C=O) groups is 2. The van der Waals surface area contributed by atoms with Gasteiger partial charge in [0.1, 0.15) is 18.0 Å². The third kappa shape index (κ3) is 3.11. The number of ether oxygens (including phenoxy) is 2. The van der Waals surface area contributed by atoms with E-state index in [-0.39, 0.29) is 23.0 Å². The zero-order valence-corrected chi connectivity index (χ0v) is 18.0. The maximum atomic E-state index is 12.5.